The second-order valence-corrected chi connectivity index (χ2v) is 6.34. The number of thiazole rings is 1. The van der Waals surface area contributed by atoms with Crippen LogP contribution in [-0.2, 0) is 9.59 Å². The molecule has 112 valence electrons. The Hall–Kier alpha value is -2.32. The highest BCUT2D eigenvalue weighted by Gasteiger charge is 2.26. The van der Waals surface area contributed by atoms with Gasteiger partial charge >= 0.3 is 0 Å². The summed E-state index contributed by atoms with van der Waals surface area (Å²) in [6, 6.07) is 5.78. The maximum Gasteiger partial charge on any atom is 0.279 e. The van der Waals surface area contributed by atoms with Crippen LogP contribution in [-0.4, -0.2) is 21.6 Å². The van der Waals surface area contributed by atoms with Gasteiger partial charge in [-0.1, -0.05) is 18.2 Å². The van der Waals surface area contributed by atoms with Gasteiger partial charge in [0.05, 0.1) is 22.9 Å². The first-order valence-corrected chi connectivity index (χ1v) is 7.52. The molecule has 1 aliphatic rings. The number of para-hydroxylation sites is 1. The van der Waals surface area contributed by atoms with Crippen molar-refractivity contribution in [1.29, 1.82) is 0 Å². The van der Waals surface area contributed by atoms with Crippen molar-refractivity contribution in [2.45, 2.75) is 13.0 Å². The summed E-state index contributed by atoms with van der Waals surface area (Å²) >= 11 is 6.07. The highest BCUT2D eigenvalue weighted by atomic mass is 32.1. The smallest absolute Gasteiger partial charge is 0.279 e. The fourth-order valence-corrected chi connectivity index (χ4v) is 3.77. The van der Waals surface area contributed by atoms with Crippen LogP contribution in [0.5, 0.6) is 5.88 Å². The van der Waals surface area contributed by atoms with E-state index in [1.165, 1.54) is 6.92 Å². The van der Waals surface area contributed by atoms with E-state index in [1.54, 1.807) is 24.3 Å². The van der Waals surface area contributed by atoms with Gasteiger partial charge in [0.1, 0.15) is 4.88 Å². The van der Waals surface area contributed by atoms with Crippen LogP contribution < -0.4 is 15.7 Å². The zero-order chi connectivity index (χ0) is 16.0. The van der Waals surface area contributed by atoms with Crippen molar-refractivity contribution in [2.24, 2.45) is 4.99 Å². The highest BCUT2D eigenvalue weighted by molar-refractivity contribution is 7.73. The number of hydrogen-bond acceptors (Lipinski definition) is 6. The minimum atomic E-state index is -1.37. The number of aromatic nitrogens is 1. The van der Waals surface area contributed by atoms with E-state index in [0.717, 1.165) is 15.9 Å². The van der Waals surface area contributed by atoms with Crippen molar-refractivity contribution in [3.63, 3.8) is 0 Å². The molecule has 0 spiro atoms. The second kappa shape index (κ2) is 5.15. The number of hydrogen-bond donors (Lipinski definition) is 1. The van der Waals surface area contributed by atoms with Gasteiger partial charge in [0.2, 0.25) is 5.88 Å². The molecule has 1 unspecified atom stereocenters. The maximum absolute atomic E-state index is 12.1. The average Bonchev–Trinajstić information content (AvgIpc) is 2.94. The number of aromatic hydroxyl groups is 1. The number of nitrogens with zero attached hydrogens (tertiary/aromatic N) is 2. The zero-order valence-corrected chi connectivity index (χ0v) is 12.9. The van der Waals surface area contributed by atoms with Crippen LogP contribution in [0.3, 0.4) is 0 Å². The summed E-state index contributed by atoms with van der Waals surface area (Å²) in [5.41, 5.74) is 0.230. The standard InChI is InChI=1S/C14H10N2O4S2/c1-6(13(19)20)16-12(18)10(22-14(16)21)9-7-4-2-3-5-8(7)15-11(9)17/h2-6,18H,1H3,(H,19,20)/p-1. The molecule has 0 saturated carbocycles. The van der Waals surface area contributed by atoms with Crippen molar-refractivity contribution in [3.8, 4) is 5.88 Å². The SMILES string of the molecule is CC(C(=O)[O-])n1c(O)c(C2=c3ccccc3=NC2=O)sc1=S. The monoisotopic (exact) mass is 333 g/mol. The van der Waals surface area contributed by atoms with Gasteiger partial charge < -0.3 is 15.0 Å². The van der Waals surface area contributed by atoms with Crippen LogP contribution >= 0.6 is 23.6 Å². The Bertz CT molecular complexity index is 987. The van der Waals surface area contributed by atoms with Crippen molar-refractivity contribution >= 4 is 41.0 Å². The number of carboxylic acids is 1. The molecule has 0 fully saturated rings. The van der Waals surface area contributed by atoms with Crippen LogP contribution in [0.15, 0.2) is 29.3 Å². The van der Waals surface area contributed by atoms with Crippen LogP contribution in [0.1, 0.15) is 17.8 Å². The molecule has 1 aliphatic heterocycles. The molecule has 1 atom stereocenters. The third kappa shape index (κ3) is 2.08. The lowest BCUT2D eigenvalue weighted by atomic mass is 10.1. The van der Waals surface area contributed by atoms with E-state index < -0.39 is 17.9 Å². The van der Waals surface area contributed by atoms with E-state index in [4.69, 9.17) is 12.2 Å². The Morgan fingerprint density at radius 3 is 2.82 bits per heavy atom. The van der Waals surface area contributed by atoms with Gasteiger partial charge in [-0.05, 0) is 25.2 Å². The largest absolute Gasteiger partial charge is 0.548 e. The second-order valence-electron chi connectivity index (χ2n) is 4.69. The van der Waals surface area contributed by atoms with E-state index in [0.29, 0.717) is 10.6 Å². The van der Waals surface area contributed by atoms with Crippen molar-refractivity contribution in [2.75, 3.05) is 0 Å². The number of benzene rings is 1. The lowest BCUT2D eigenvalue weighted by Crippen LogP contribution is -2.31. The summed E-state index contributed by atoms with van der Waals surface area (Å²) in [7, 11) is 0. The lowest BCUT2D eigenvalue weighted by molar-refractivity contribution is -0.309. The third-order valence-corrected chi connectivity index (χ3v) is 4.79. The van der Waals surface area contributed by atoms with E-state index in [9.17, 15) is 19.8 Å². The van der Waals surface area contributed by atoms with Gasteiger partial charge in [0.25, 0.3) is 5.91 Å². The molecule has 2 heterocycles. The first-order valence-electron chi connectivity index (χ1n) is 6.29. The number of fused-ring (bicyclic) bond motifs is 1. The average molecular weight is 333 g/mol. The van der Waals surface area contributed by atoms with Gasteiger partial charge in [-0.2, -0.15) is 0 Å². The molecule has 2 aromatic rings. The third-order valence-electron chi connectivity index (χ3n) is 3.38. The molecule has 0 radical (unpaired) electrons. The number of rotatable bonds is 3. The number of aliphatic carboxylic acids is 1. The van der Waals surface area contributed by atoms with Gasteiger partial charge in [0, 0.05) is 5.22 Å². The quantitative estimate of drug-likeness (QED) is 0.775. The Kier molecular flexibility index (Phi) is 3.42. The van der Waals surface area contributed by atoms with E-state index >= 15 is 0 Å². The van der Waals surface area contributed by atoms with Gasteiger partial charge in [-0.25, -0.2) is 4.99 Å². The summed E-state index contributed by atoms with van der Waals surface area (Å²) in [6.45, 7) is 1.35. The summed E-state index contributed by atoms with van der Waals surface area (Å²) in [5, 5.41) is 22.5. The molecular formula is C14H9N2O4S2-. The Morgan fingerprint density at radius 1 is 1.45 bits per heavy atom. The fraction of sp³-hybridized carbons (Fsp3) is 0.143. The topological polar surface area (TPSA) is 94.7 Å². The van der Waals surface area contributed by atoms with Crippen LogP contribution in [0.4, 0.5) is 0 Å². The van der Waals surface area contributed by atoms with Crippen LogP contribution in [0, 0.1) is 3.95 Å². The van der Waals surface area contributed by atoms with Crippen LogP contribution in [0.2, 0.25) is 0 Å². The zero-order valence-electron chi connectivity index (χ0n) is 11.3. The molecule has 8 heteroatoms. The number of carboxylic acid groups (broad SMARTS) is 1. The van der Waals surface area contributed by atoms with Gasteiger partial charge in [-0.15, -0.1) is 11.3 Å². The molecule has 1 amide bonds. The Balaban J connectivity index is 2.31. The molecule has 3 rings (SSSR count). The van der Waals surface area contributed by atoms with E-state index in [1.807, 2.05) is 0 Å². The maximum atomic E-state index is 12.1. The molecule has 22 heavy (non-hydrogen) atoms. The molecular weight excluding hydrogens is 324 g/mol. The molecule has 1 aromatic carbocycles. The molecule has 0 saturated heterocycles. The summed E-state index contributed by atoms with van der Waals surface area (Å²) < 4.78 is 1.21. The number of carbonyl (C=O) groups excluding carboxylic acids is 2. The molecule has 1 N–H and O–H groups in total. The minimum Gasteiger partial charge on any atom is -0.548 e. The molecule has 0 aliphatic carbocycles. The predicted molar refractivity (Wildman–Crippen MR) is 79.3 cm³/mol. The van der Waals surface area contributed by atoms with Crippen molar-refractivity contribution in [1.82, 2.24) is 4.57 Å². The predicted octanol–water partition coefficient (Wildman–Crippen LogP) is -0.346. The minimum absolute atomic E-state index is 0.147. The number of carbonyl (C=O) groups is 2. The van der Waals surface area contributed by atoms with Gasteiger partial charge in [-0.3, -0.25) is 9.36 Å². The van der Waals surface area contributed by atoms with Gasteiger partial charge in [0.15, 0.2) is 3.95 Å². The van der Waals surface area contributed by atoms with Crippen molar-refractivity contribution < 1.29 is 19.8 Å². The first kappa shape index (κ1) is 14.6. The summed E-state index contributed by atoms with van der Waals surface area (Å²) in [5.74, 6) is -2.22. The normalized spacial score (nSPS) is 14.6. The summed E-state index contributed by atoms with van der Waals surface area (Å²) in [4.78, 5) is 27.3. The molecule has 0 bridgehead atoms. The number of amides is 1. The molecule has 6 nitrogen and oxygen atoms in total. The molecule has 1 aromatic heterocycles. The van der Waals surface area contributed by atoms with E-state index in [-0.39, 0.29) is 20.3 Å². The first-order chi connectivity index (χ1) is 10.4. The van der Waals surface area contributed by atoms with Crippen LogP contribution in [0.25, 0.3) is 5.57 Å². The van der Waals surface area contributed by atoms with E-state index in [2.05, 4.69) is 4.99 Å². The Morgan fingerprint density at radius 2 is 2.14 bits per heavy atom. The fourth-order valence-electron chi connectivity index (χ4n) is 2.27. The van der Waals surface area contributed by atoms with Crippen molar-refractivity contribution in [3.05, 3.63) is 43.7 Å². The highest BCUT2D eigenvalue weighted by Crippen LogP contribution is 2.34. The lowest BCUT2D eigenvalue weighted by Gasteiger charge is -2.15. The summed E-state index contributed by atoms with van der Waals surface area (Å²) in [6.07, 6.45) is 0. The Labute approximate surface area is 133 Å².